The molecule has 0 aliphatic carbocycles. The quantitative estimate of drug-likeness (QED) is 0.691. The summed E-state index contributed by atoms with van der Waals surface area (Å²) >= 11 is 1.42. The van der Waals surface area contributed by atoms with Crippen LogP contribution >= 0.6 is 11.8 Å². The number of carbonyl (C=O) groups excluding carboxylic acids is 1. The molecule has 1 aromatic carbocycles. The summed E-state index contributed by atoms with van der Waals surface area (Å²) in [5.41, 5.74) is 6.25. The molecule has 1 atom stereocenters. The molecule has 0 saturated carbocycles. The molecule has 8 heteroatoms. The van der Waals surface area contributed by atoms with Crippen molar-refractivity contribution in [2.45, 2.75) is 30.8 Å². The lowest BCUT2D eigenvalue weighted by Crippen LogP contribution is -2.20. The Kier molecular flexibility index (Phi) is 4.66. The highest BCUT2D eigenvalue weighted by atomic mass is 32.2. The van der Waals surface area contributed by atoms with Gasteiger partial charge in [0.2, 0.25) is 11.8 Å². The predicted molar refractivity (Wildman–Crippen MR) is 90.2 cm³/mol. The minimum atomic E-state index is -0.435. The Bertz CT molecular complexity index is 843. The van der Waals surface area contributed by atoms with Gasteiger partial charge in [-0.2, -0.15) is 0 Å². The summed E-state index contributed by atoms with van der Waals surface area (Å²) in [5, 5.41) is 8.62. The van der Waals surface area contributed by atoms with Crippen molar-refractivity contribution in [3.05, 3.63) is 48.2 Å². The highest BCUT2D eigenvalue weighted by Gasteiger charge is 2.19. The molecule has 2 aromatic heterocycles. The third kappa shape index (κ3) is 3.48. The van der Waals surface area contributed by atoms with Crippen LogP contribution < -0.4 is 5.73 Å². The van der Waals surface area contributed by atoms with Gasteiger partial charge < -0.3 is 10.2 Å². The zero-order valence-electron chi connectivity index (χ0n) is 13.3. The normalized spacial score (nSPS) is 12.2. The van der Waals surface area contributed by atoms with Crippen molar-refractivity contribution in [2.75, 3.05) is 0 Å². The van der Waals surface area contributed by atoms with Crippen molar-refractivity contribution in [3.63, 3.8) is 0 Å². The van der Waals surface area contributed by atoms with Crippen LogP contribution in [-0.2, 0) is 11.3 Å². The fourth-order valence-corrected chi connectivity index (χ4v) is 3.14. The molecule has 0 saturated heterocycles. The number of aromatic nitrogens is 4. The predicted octanol–water partition coefficient (Wildman–Crippen LogP) is 2.58. The molecule has 3 aromatic rings. The monoisotopic (exact) mass is 343 g/mol. The van der Waals surface area contributed by atoms with E-state index in [-0.39, 0.29) is 11.8 Å². The Hall–Kier alpha value is -2.61. The zero-order chi connectivity index (χ0) is 17.1. The fourth-order valence-electron chi connectivity index (χ4n) is 2.21. The van der Waals surface area contributed by atoms with Crippen LogP contribution in [0.25, 0.3) is 11.3 Å². The van der Waals surface area contributed by atoms with E-state index in [1.54, 1.807) is 17.7 Å². The Morgan fingerprint density at radius 2 is 2.08 bits per heavy atom. The number of nitrogens with two attached hydrogens (primary N) is 1. The maximum Gasteiger partial charge on any atom is 0.237 e. The number of carbonyl (C=O) groups is 1. The Morgan fingerprint density at radius 3 is 2.79 bits per heavy atom. The number of benzene rings is 1. The number of primary amides is 1. The van der Waals surface area contributed by atoms with E-state index in [2.05, 4.69) is 15.2 Å². The average Bonchev–Trinajstić information content (AvgIpc) is 3.18. The second-order valence-corrected chi connectivity index (χ2v) is 6.58. The van der Waals surface area contributed by atoms with E-state index in [0.29, 0.717) is 22.6 Å². The molecule has 1 amide bonds. The van der Waals surface area contributed by atoms with Gasteiger partial charge in [0.15, 0.2) is 10.9 Å². The summed E-state index contributed by atoms with van der Waals surface area (Å²) in [6.07, 6.45) is 1.71. The first-order valence-electron chi connectivity index (χ1n) is 7.40. The van der Waals surface area contributed by atoms with Gasteiger partial charge in [-0.15, -0.1) is 10.2 Å². The number of rotatable bonds is 6. The molecule has 0 aliphatic rings. The first kappa shape index (κ1) is 16.3. The smallest absolute Gasteiger partial charge is 0.237 e. The van der Waals surface area contributed by atoms with Crippen molar-refractivity contribution < 1.29 is 9.21 Å². The molecule has 0 spiro atoms. The number of nitrogens with zero attached hydrogens (tertiary/aromatic N) is 4. The van der Waals surface area contributed by atoms with Gasteiger partial charge in [-0.1, -0.05) is 42.1 Å². The fraction of sp³-hybridized carbons (Fsp3) is 0.250. The van der Waals surface area contributed by atoms with E-state index in [1.807, 2.05) is 37.3 Å². The van der Waals surface area contributed by atoms with E-state index in [0.717, 1.165) is 5.56 Å². The lowest BCUT2D eigenvalue weighted by atomic mass is 10.2. The summed E-state index contributed by atoms with van der Waals surface area (Å²) in [6.45, 7) is 3.79. The van der Waals surface area contributed by atoms with Crippen molar-refractivity contribution in [1.82, 2.24) is 19.7 Å². The molecule has 0 radical (unpaired) electrons. The van der Waals surface area contributed by atoms with Crippen molar-refractivity contribution >= 4 is 17.7 Å². The second-order valence-electron chi connectivity index (χ2n) is 5.27. The summed E-state index contributed by atoms with van der Waals surface area (Å²) < 4.78 is 7.54. The molecule has 3 rings (SSSR count). The third-order valence-corrected chi connectivity index (χ3v) is 4.50. The second kappa shape index (κ2) is 6.88. The summed E-state index contributed by atoms with van der Waals surface area (Å²) in [6, 6.07) is 9.78. The number of thioether (sulfide) groups is 1. The van der Waals surface area contributed by atoms with E-state index < -0.39 is 5.91 Å². The lowest BCUT2D eigenvalue weighted by Gasteiger charge is -2.09. The topological polar surface area (TPSA) is 99.8 Å². The SMILES string of the molecule is Cc1nnc(SC(C)c2ncc(-c3ccccc3)o2)n1CC(N)=O. The molecule has 2 heterocycles. The maximum absolute atomic E-state index is 11.2. The van der Waals surface area contributed by atoms with Gasteiger partial charge in [0.1, 0.15) is 12.4 Å². The molecule has 2 N–H and O–H groups in total. The van der Waals surface area contributed by atoms with Crippen LogP contribution in [0.2, 0.25) is 0 Å². The maximum atomic E-state index is 11.2. The molecule has 1 unspecified atom stereocenters. The van der Waals surface area contributed by atoms with Crippen LogP contribution in [0.15, 0.2) is 46.1 Å². The molecule has 124 valence electrons. The van der Waals surface area contributed by atoms with E-state index in [9.17, 15) is 4.79 Å². The lowest BCUT2D eigenvalue weighted by molar-refractivity contribution is -0.118. The van der Waals surface area contributed by atoms with Crippen LogP contribution in [0.5, 0.6) is 0 Å². The minimum absolute atomic E-state index is 0.0503. The zero-order valence-corrected chi connectivity index (χ0v) is 14.2. The highest BCUT2D eigenvalue weighted by molar-refractivity contribution is 7.99. The Morgan fingerprint density at radius 1 is 1.33 bits per heavy atom. The van der Waals surface area contributed by atoms with E-state index in [1.165, 1.54) is 11.8 Å². The van der Waals surface area contributed by atoms with Gasteiger partial charge in [0.05, 0.1) is 11.4 Å². The van der Waals surface area contributed by atoms with Crippen LogP contribution in [0.1, 0.15) is 23.9 Å². The Balaban J connectivity index is 1.78. The molecule has 0 fully saturated rings. The van der Waals surface area contributed by atoms with Crippen LogP contribution in [0.4, 0.5) is 0 Å². The van der Waals surface area contributed by atoms with Gasteiger partial charge >= 0.3 is 0 Å². The summed E-state index contributed by atoms with van der Waals surface area (Å²) in [7, 11) is 0. The molecule has 7 nitrogen and oxygen atoms in total. The first-order chi connectivity index (χ1) is 11.5. The molecule has 0 bridgehead atoms. The number of aryl methyl sites for hydroxylation is 1. The number of oxazole rings is 1. The molecule has 0 aliphatic heterocycles. The molecule has 24 heavy (non-hydrogen) atoms. The number of hydrogen-bond acceptors (Lipinski definition) is 6. The van der Waals surface area contributed by atoms with Gasteiger partial charge in [0.25, 0.3) is 0 Å². The third-order valence-electron chi connectivity index (χ3n) is 3.43. The van der Waals surface area contributed by atoms with E-state index in [4.69, 9.17) is 10.2 Å². The van der Waals surface area contributed by atoms with Crippen LogP contribution in [0.3, 0.4) is 0 Å². The van der Waals surface area contributed by atoms with Crippen molar-refractivity contribution in [2.24, 2.45) is 5.73 Å². The van der Waals surface area contributed by atoms with Gasteiger partial charge in [0, 0.05) is 5.56 Å². The Labute approximate surface area is 143 Å². The van der Waals surface area contributed by atoms with Crippen molar-refractivity contribution in [3.8, 4) is 11.3 Å². The number of amides is 1. The van der Waals surface area contributed by atoms with Gasteiger partial charge in [-0.05, 0) is 13.8 Å². The molecular formula is C16H17N5O2S. The average molecular weight is 343 g/mol. The minimum Gasteiger partial charge on any atom is -0.440 e. The standard InChI is InChI=1S/C16H17N5O2S/c1-10(24-16-20-19-11(2)21(16)9-14(17)22)15-18-8-13(23-15)12-6-4-3-5-7-12/h3-8,10H,9H2,1-2H3,(H2,17,22). The van der Waals surface area contributed by atoms with Gasteiger partial charge in [-0.3, -0.25) is 9.36 Å². The van der Waals surface area contributed by atoms with Gasteiger partial charge in [-0.25, -0.2) is 4.98 Å². The highest BCUT2D eigenvalue weighted by Crippen LogP contribution is 2.35. The summed E-state index contributed by atoms with van der Waals surface area (Å²) in [4.78, 5) is 15.5. The van der Waals surface area contributed by atoms with Crippen LogP contribution in [0, 0.1) is 6.92 Å². The summed E-state index contributed by atoms with van der Waals surface area (Å²) in [5.74, 6) is 1.51. The largest absolute Gasteiger partial charge is 0.440 e. The molecular weight excluding hydrogens is 326 g/mol. The van der Waals surface area contributed by atoms with Crippen LogP contribution in [-0.4, -0.2) is 25.7 Å². The van der Waals surface area contributed by atoms with Crippen molar-refractivity contribution in [1.29, 1.82) is 0 Å². The first-order valence-corrected chi connectivity index (χ1v) is 8.28. The number of hydrogen-bond donors (Lipinski definition) is 1. The van der Waals surface area contributed by atoms with E-state index >= 15 is 0 Å².